The number of nitrogens with one attached hydrogen (secondary N) is 2. The number of anilines is 2. The monoisotopic (exact) mass is 419 g/mol. The smallest absolute Gasteiger partial charge is 0.246 e. The van der Waals surface area contributed by atoms with Crippen molar-refractivity contribution in [2.75, 3.05) is 24.2 Å². The average molecular weight is 419 g/mol. The van der Waals surface area contributed by atoms with Crippen LogP contribution in [0.25, 0.3) is 0 Å². The van der Waals surface area contributed by atoms with E-state index in [9.17, 15) is 22.4 Å². The fourth-order valence-electron chi connectivity index (χ4n) is 3.22. The van der Waals surface area contributed by atoms with Gasteiger partial charge in [0.25, 0.3) is 0 Å². The van der Waals surface area contributed by atoms with Gasteiger partial charge in [0.1, 0.15) is 10.7 Å². The fourth-order valence-corrected chi connectivity index (χ4v) is 4.44. The largest absolute Gasteiger partial charge is 0.326 e. The third kappa shape index (κ3) is 4.30. The van der Waals surface area contributed by atoms with E-state index in [1.165, 1.54) is 13.1 Å². The summed E-state index contributed by atoms with van der Waals surface area (Å²) in [7, 11) is -3.02. The molecule has 0 aliphatic carbocycles. The van der Waals surface area contributed by atoms with E-state index >= 15 is 0 Å². The standard InChI is InChI=1S/C20H22FN3O4S/c1-12-5-4-6-13(2)20(12)23-19(26)11-24(3)29(27,28)17-9-14-7-8-18(25)22-16(14)10-15(17)21/h4-6,9-10H,7-8,11H2,1-3H3,(H,22,25)(H,23,26). The number of benzene rings is 2. The fraction of sp³-hybridized carbons (Fsp3) is 0.300. The number of nitrogens with zero attached hydrogens (tertiary/aromatic N) is 1. The third-order valence-electron chi connectivity index (χ3n) is 4.85. The molecular formula is C20H22FN3O4S. The molecule has 0 spiro atoms. The van der Waals surface area contributed by atoms with Gasteiger partial charge >= 0.3 is 0 Å². The zero-order chi connectivity index (χ0) is 21.3. The number of para-hydroxylation sites is 1. The van der Waals surface area contributed by atoms with Gasteiger partial charge in [0.05, 0.1) is 6.54 Å². The van der Waals surface area contributed by atoms with Crippen LogP contribution in [0.1, 0.15) is 23.1 Å². The van der Waals surface area contributed by atoms with Gasteiger partial charge in [-0.1, -0.05) is 18.2 Å². The van der Waals surface area contributed by atoms with E-state index in [0.717, 1.165) is 21.5 Å². The van der Waals surface area contributed by atoms with Crippen molar-refractivity contribution in [1.29, 1.82) is 0 Å². The van der Waals surface area contributed by atoms with Crippen LogP contribution < -0.4 is 10.6 Å². The molecule has 154 valence electrons. The summed E-state index contributed by atoms with van der Waals surface area (Å²) in [6, 6.07) is 7.76. The topological polar surface area (TPSA) is 95.6 Å². The average Bonchev–Trinajstić information content (AvgIpc) is 2.64. The number of rotatable bonds is 5. The second-order valence-electron chi connectivity index (χ2n) is 7.06. The molecule has 2 aromatic carbocycles. The molecule has 3 rings (SSSR count). The summed E-state index contributed by atoms with van der Waals surface area (Å²) in [6.07, 6.45) is 0.521. The normalized spacial score (nSPS) is 13.8. The van der Waals surface area contributed by atoms with Crippen LogP contribution in [0.4, 0.5) is 15.8 Å². The number of hydrogen-bond acceptors (Lipinski definition) is 4. The first-order valence-corrected chi connectivity index (χ1v) is 10.5. The first-order valence-electron chi connectivity index (χ1n) is 9.04. The number of aryl methyl sites for hydroxylation is 3. The van der Waals surface area contributed by atoms with E-state index in [1.807, 2.05) is 32.0 Å². The van der Waals surface area contributed by atoms with E-state index in [2.05, 4.69) is 10.6 Å². The zero-order valence-corrected chi connectivity index (χ0v) is 17.2. The molecule has 29 heavy (non-hydrogen) atoms. The van der Waals surface area contributed by atoms with Crippen LogP contribution in [-0.2, 0) is 26.0 Å². The molecule has 0 fully saturated rings. The Morgan fingerprint density at radius 2 is 1.86 bits per heavy atom. The van der Waals surface area contributed by atoms with E-state index in [-0.39, 0.29) is 18.0 Å². The summed E-state index contributed by atoms with van der Waals surface area (Å²) in [5.74, 6) is -1.75. The Labute approximate surface area is 169 Å². The number of carbonyl (C=O) groups excluding carboxylic acids is 2. The summed E-state index contributed by atoms with van der Waals surface area (Å²) in [4.78, 5) is 23.3. The van der Waals surface area contributed by atoms with Crippen molar-refractivity contribution in [1.82, 2.24) is 4.31 Å². The van der Waals surface area contributed by atoms with Crippen LogP contribution in [0.5, 0.6) is 0 Å². The molecule has 0 saturated heterocycles. The second-order valence-corrected chi connectivity index (χ2v) is 9.08. The summed E-state index contributed by atoms with van der Waals surface area (Å²) in [5.41, 5.74) is 3.14. The molecule has 2 amide bonds. The minimum Gasteiger partial charge on any atom is -0.326 e. The van der Waals surface area contributed by atoms with E-state index in [1.54, 1.807) is 0 Å². The Morgan fingerprint density at radius 1 is 1.21 bits per heavy atom. The first-order chi connectivity index (χ1) is 13.6. The minimum atomic E-state index is -4.24. The van der Waals surface area contributed by atoms with E-state index in [0.29, 0.717) is 17.7 Å². The summed E-state index contributed by atoms with van der Waals surface area (Å²) >= 11 is 0. The van der Waals surface area contributed by atoms with Crippen LogP contribution in [0, 0.1) is 19.7 Å². The molecule has 1 heterocycles. The number of halogens is 1. The Morgan fingerprint density at radius 3 is 2.52 bits per heavy atom. The predicted molar refractivity (Wildman–Crippen MR) is 108 cm³/mol. The highest BCUT2D eigenvalue weighted by atomic mass is 32.2. The summed E-state index contributed by atoms with van der Waals surface area (Å²) in [6.45, 7) is 3.21. The third-order valence-corrected chi connectivity index (χ3v) is 6.67. The maximum Gasteiger partial charge on any atom is 0.246 e. The Hall–Kier alpha value is -2.78. The molecule has 0 aromatic heterocycles. The van der Waals surface area contributed by atoms with Gasteiger partial charge in [-0.2, -0.15) is 4.31 Å². The Balaban J connectivity index is 1.81. The quantitative estimate of drug-likeness (QED) is 0.779. The van der Waals surface area contributed by atoms with Crippen molar-refractivity contribution in [2.45, 2.75) is 31.6 Å². The lowest BCUT2D eigenvalue weighted by atomic mass is 10.0. The molecule has 0 atom stereocenters. The number of likely N-dealkylation sites (N-methyl/N-ethyl adjacent to an activating group) is 1. The van der Waals surface area contributed by atoms with Crippen molar-refractivity contribution in [3.05, 3.63) is 52.8 Å². The number of sulfonamides is 1. The SMILES string of the molecule is Cc1cccc(C)c1NC(=O)CN(C)S(=O)(=O)c1cc2c(cc1F)NC(=O)CC2. The molecule has 0 unspecified atom stereocenters. The molecule has 7 nitrogen and oxygen atoms in total. The number of amides is 2. The molecule has 1 aliphatic rings. The Kier molecular flexibility index (Phi) is 5.72. The van der Waals surface area contributed by atoms with Crippen LogP contribution in [0.3, 0.4) is 0 Å². The van der Waals surface area contributed by atoms with Gasteiger partial charge in [-0.15, -0.1) is 0 Å². The molecule has 2 aromatic rings. The van der Waals surface area contributed by atoms with Crippen molar-refractivity contribution >= 4 is 33.2 Å². The van der Waals surface area contributed by atoms with Crippen LogP contribution in [-0.4, -0.2) is 38.1 Å². The molecule has 9 heteroatoms. The minimum absolute atomic E-state index is 0.201. The van der Waals surface area contributed by atoms with Gasteiger partial charge in [0.2, 0.25) is 21.8 Å². The molecule has 0 saturated carbocycles. The number of carbonyl (C=O) groups is 2. The van der Waals surface area contributed by atoms with Gasteiger partial charge < -0.3 is 10.6 Å². The lowest BCUT2D eigenvalue weighted by Gasteiger charge is -2.21. The molecule has 2 N–H and O–H groups in total. The van der Waals surface area contributed by atoms with Crippen LogP contribution in [0.2, 0.25) is 0 Å². The summed E-state index contributed by atoms with van der Waals surface area (Å²) < 4.78 is 41.0. The summed E-state index contributed by atoms with van der Waals surface area (Å²) in [5, 5.41) is 5.24. The van der Waals surface area contributed by atoms with Crippen molar-refractivity contribution < 1.29 is 22.4 Å². The van der Waals surface area contributed by atoms with E-state index < -0.39 is 33.2 Å². The predicted octanol–water partition coefficient (Wildman–Crippen LogP) is 2.59. The molecule has 1 aliphatic heterocycles. The highest BCUT2D eigenvalue weighted by Crippen LogP contribution is 2.29. The van der Waals surface area contributed by atoms with Gasteiger partial charge in [0, 0.05) is 24.8 Å². The van der Waals surface area contributed by atoms with Gasteiger partial charge in [0.15, 0.2) is 0 Å². The van der Waals surface area contributed by atoms with Gasteiger partial charge in [-0.3, -0.25) is 9.59 Å². The lowest BCUT2D eigenvalue weighted by molar-refractivity contribution is -0.117. The van der Waals surface area contributed by atoms with Crippen molar-refractivity contribution in [3.8, 4) is 0 Å². The van der Waals surface area contributed by atoms with Crippen LogP contribution in [0.15, 0.2) is 35.2 Å². The maximum atomic E-state index is 14.5. The number of fused-ring (bicyclic) bond motifs is 1. The van der Waals surface area contributed by atoms with Crippen molar-refractivity contribution in [3.63, 3.8) is 0 Å². The van der Waals surface area contributed by atoms with E-state index in [4.69, 9.17) is 0 Å². The molecular weight excluding hydrogens is 397 g/mol. The lowest BCUT2D eigenvalue weighted by Crippen LogP contribution is -2.35. The maximum absolute atomic E-state index is 14.5. The van der Waals surface area contributed by atoms with Crippen molar-refractivity contribution in [2.24, 2.45) is 0 Å². The number of hydrogen-bond donors (Lipinski definition) is 2. The first kappa shape index (κ1) is 20.9. The molecule has 0 radical (unpaired) electrons. The van der Waals surface area contributed by atoms with Gasteiger partial charge in [-0.25, -0.2) is 12.8 Å². The zero-order valence-electron chi connectivity index (χ0n) is 16.4. The molecule has 0 bridgehead atoms. The van der Waals surface area contributed by atoms with Gasteiger partial charge in [-0.05, 0) is 49.1 Å². The van der Waals surface area contributed by atoms with Crippen LogP contribution >= 0.6 is 0 Å². The second kappa shape index (κ2) is 7.92. The Bertz CT molecular complexity index is 1080. The highest BCUT2D eigenvalue weighted by Gasteiger charge is 2.29. The highest BCUT2D eigenvalue weighted by molar-refractivity contribution is 7.89.